The summed E-state index contributed by atoms with van der Waals surface area (Å²) < 4.78 is 24.6. The predicted octanol–water partition coefficient (Wildman–Crippen LogP) is 3.06. The molecule has 0 radical (unpaired) electrons. The fourth-order valence-corrected chi connectivity index (χ4v) is 9.02. The second kappa shape index (κ2) is 20.3. The van der Waals surface area contributed by atoms with Gasteiger partial charge in [-0.05, 0) is 62.9 Å². The van der Waals surface area contributed by atoms with Crippen LogP contribution in [0.5, 0.6) is 5.75 Å². The van der Waals surface area contributed by atoms with Gasteiger partial charge < -0.3 is 23.8 Å². The lowest BCUT2D eigenvalue weighted by molar-refractivity contribution is -0.136. The monoisotopic (exact) mass is 878 g/mol. The maximum atomic E-state index is 13.6. The highest BCUT2D eigenvalue weighted by Gasteiger charge is 2.46. The number of aromatic nitrogens is 4. The van der Waals surface area contributed by atoms with Crippen molar-refractivity contribution in [2.45, 2.75) is 70.9 Å². The number of nitrogens with one attached hydrogen (secondary N) is 1. The van der Waals surface area contributed by atoms with Crippen molar-refractivity contribution in [3.05, 3.63) is 86.9 Å². The number of amides is 4. The third-order valence-electron chi connectivity index (χ3n) is 12.4. The molecule has 4 amide bonds. The maximum Gasteiger partial charge on any atom is 0.266 e. The van der Waals surface area contributed by atoms with E-state index in [0.717, 1.165) is 80.1 Å². The molecule has 6 heterocycles. The molecule has 3 aliphatic heterocycles. The summed E-state index contributed by atoms with van der Waals surface area (Å²) in [5, 5.41) is 2.93. The molecule has 1 aliphatic carbocycles. The average Bonchev–Trinajstić information content (AvgIpc) is 3.90. The van der Waals surface area contributed by atoms with Crippen LogP contribution in [0.2, 0.25) is 0 Å². The molecule has 1 saturated carbocycles. The molecule has 338 valence electrons. The molecule has 18 heteroatoms. The molecule has 0 bridgehead atoms. The number of fused-ring (bicyclic) bond motifs is 2. The van der Waals surface area contributed by atoms with Gasteiger partial charge in [0.1, 0.15) is 29.9 Å². The van der Waals surface area contributed by atoms with E-state index in [0.29, 0.717) is 56.5 Å². The molecule has 64 heavy (non-hydrogen) atoms. The molecule has 1 N–H and O–H groups in total. The zero-order valence-electron chi connectivity index (χ0n) is 36.3. The number of aryl methyl sites for hydroxylation is 1. The topological polar surface area (TPSA) is 205 Å². The molecule has 3 aromatic heterocycles. The summed E-state index contributed by atoms with van der Waals surface area (Å²) in [6, 6.07) is 7.81. The Balaban J connectivity index is 0.693. The lowest BCUT2D eigenvalue weighted by atomic mass is 10.0. The van der Waals surface area contributed by atoms with Gasteiger partial charge in [0.25, 0.3) is 17.4 Å². The van der Waals surface area contributed by atoms with Crippen molar-refractivity contribution in [3.63, 3.8) is 0 Å². The van der Waals surface area contributed by atoms with E-state index < -0.39 is 29.7 Å². The number of carbonyl (C=O) groups is 5. The van der Waals surface area contributed by atoms with E-state index in [2.05, 4.69) is 26.2 Å². The van der Waals surface area contributed by atoms with Gasteiger partial charge >= 0.3 is 0 Å². The summed E-state index contributed by atoms with van der Waals surface area (Å²) in [4.78, 5) is 96.0. The van der Waals surface area contributed by atoms with E-state index in [1.54, 1.807) is 29.8 Å². The van der Waals surface area contributed by atoms with Crippen molar-refractivity contribution in [2.24, 2.45) is 0 Å². The fourth-order valence-electron chi connectivity index (χ4n) is 9.02. The molecule has 0 spiro atoms. The number of imide groups is 2. The number of rotatable bonds is 19. The number of ether oxygens (including phenoxy) is 4. The van der Waals surface area contributed by atoms with Crippen LogP contribution >= 0.6 is 0 Å². The van der Waals surface area contributed by atoms with Gasteiger partial charge in [0.15, 0.2) is 5.78 Å². The second-order valence-corrected chi connectivity index (χ2v) is 16.5. The van der Waals surface area contributed by atoms with E-state index in [9.17, 15) is 28.8 Å². The number of nitrogens with zero attached hydrogens (tertiary/aromatic N) is 7. The highest BCUT2D eigenvalue weighted by Crippen LogP contribution is 2.34. The molecular formula is C46H54N8O10. The number of hydrogen-bond acceptors (Lipinski definition) is 15. The Hall–Kier alpha value is -5.95. The Kier molecular flexibility index (Phi) is 14.1. The highest BCUT2D eigenvalue weighted by atomic mass is 16.6. The molecule has 2 saturated heterocycles. The summed E-state index contributed by atoms with van der Waals surface area (Å²) in [5.41, 5.74) is 3.36. The minimum absolute atomic E-state index is 0.0309. The van der Waals surface area contributed by atoms with Crippen LogP contribution in [0.25, 0.3) is 11.0 Å². The maximum absolute atomic E-state index is 13.6. The lowest BCUT2D eigenvalue weighted by Crippen LogP contribution is -2.54. The third-order valence-corrected chi connectivity index (χ3v) is 12.4. The zero-order chi connectivity index (χ0) is 44.7. The van der Waals surface area contributed by atoms with Crippen LogP contribution in [0.3, 0.4) is 0 Å². The van der Waals surface area contributed by atoms with Gasteiger partial charge in [0.2, 0.25) is 11.8 Å². The molecule has 18 nitrogen and oxygen atoms in total. The van der Waals surface area contributed by atoms with Gasteiger partial charge in [-0.1, -0.05) is 18.9 Å². The van der Waals surface area contributed by atoms with Gasteiger partial charge in [-0.2, -0.15) is 0 Å². The van der Waals surface area contributed by atoms with Crippen molar-refractivity contribution >= 4 is 46.1 Å². The van der Waals surface area contributed by atoms with Crippen LogP contribution in [-0.4, -0.2) is 144 Å². The van der Waals surface area contributed by atoms with Crippen molar-refractivity contribution in [1.82, 2.24) is 34.6 Å². The molecule has 4 aromatic rings. The van der Waals surface area contributed by atoms with Gasteiger partial charge in [0, 0.05) is 62.5 Å². The van der Waals surface area contributed by atoms with Gasteiger partial charge in [-0.25, -0.2) is 9.97 Å². The van der Waals surface area contributed by atoms with Gasteiger partial charge in [-0.15, -0.1) is 0 Å². The Morgan fingerprint density at radius 2 is 1.53 bits per heavy atom. The summed E-state index contributed by atoms with van der Waals surface area (Å²) in [6.07, 6.45) is 8.09. The van der Waals surface area contributed by atoms with E-state index in [1.807, 2.05) is 12.3 Å². The van der Waals surface area contributed by atoms with Crippen LogP contribution in [0.4, 0.5) is 5.69 Å². The number of anilines is 1. The first-order valence-electron chi connectivity index (χ1n) is 22.1. The lowest BCUT2D eigenvalue weighted by Gasteiger charge is -2.35. The number of hydrogen-bond donors (Lipinski definition) is 1. The molecule has 1 unspecified atom stereocenters. The van der Waals surface area contributed by atoms with Crippen molar-refractivity contribution in [2.75, 3.05) is 83.9 Å². The van der Waals surface area contributed by atoms with Crippen molar-refractivity contribution in [3.8, 4) is 5.75 Å². The number of piperazine rings is 1. The van der Waals surface area contributed by atoms with Gasteiger partial charge in [-0.3, -0.25) is 53.4 Å². The fraction of sp³-hybridized carbons (Fsp3) is 0.500. The van der Waals surface area contributed by atoms with Crippen molar-refractivity contribution in [1.29, 1.82) is 0 Å². The van der Waals surface area contributed by atoms with E-state index in [-0.39, 0.29) is 65.9 Å². The van der Waals surface area contributed by atoms with Crippen LogP contribution in [0, 0.1) is 6.92 Å². The van der Waals surface area contributed by atoms with Crippen LogP contribution in [0.1, 0.15) is 99.6 Å². The summed E-state index contributed by atoms with van der Waals surface area (Å²) >= 11 is 0. The number of piperidine rings is 1. The Morgan fingerprint density at radius 3 is 2.22 bits per heavy atom. The summed E-state index contributed by atoms with van der Waals surface area (Å²) in [7, 11) is 0. The number of carbonyl (C=O) groups excluding carboxylic acids is 5. The first-order chi connectivity index (χ1) is 31.1. The standard InChI is InChI=1S/C46H54N8O10/c1-29-35-28-48-38(49-42(35)53(32-6-3-4-7-32)45(59)40(29)30(2)55)26-31-10-11-33(27-47-31)52-16-14-51(15-17-52)18-19-61-20-21-62-22-23-63-24-25-64-37-9-5-8-34-41(37)46(60)54(44(34)58)36-12-13-39(56)50-43(36)57/h5,8-11,27-28,32,36H,3-4,6-7,12-26H2,1-2H3,(H,50,56,57). The number of ketones is 1. The van der Waals surface area contributed by atoms with Crippen molar-refractivity contribution < 1.29 is 42.9 Å². The van der Waals surface area contributed by atoms with Crippen LogP contribution < -0.4 is 20.5 Å². The highest BCUT2D eigenvalue weighted by molar-refractivity contribution is 6.24. The minimum Gasteiger partial charge on any atom is -0.490 e. The Labute approximate surface area is 370 Å². The third kappa shape index (κ3) is 9.74. The first-order valence-corrected chi connectivity index (χ1v) is 22.1. The zero-order valence-corrected chi connectivity index (χ0v) is 36.3. The number of Topliss-reactive ketones (excluding diaryl/α,β-unsaturated/α-hetero) is 1. The average molecular weight is 879 g/mol. The molecule has 8 rings (SSSR count). The van der Waals surface area contributed by atoms with E-state index >= 15 is 0 Å². The second-order valence-electron chi connectivity index (χ2n) is 16.5. The predicted molar refractivity (Wildman–Crippen MR) is 233 cm³/mol. The minimum atomic E-state index is -1.04. The number of pyridine rings is 2. The Bertz CT molecular complexity index is 2460. The normalized spacial score (nSPS) is 18.3. The molecule has 4 aliphatic rings. The summed E-state index contributed by atoms with van der Waals surface area (Å²) in [6.45, 7) is 10.2. The molecule has 1 atom stereocenters. The SMILES string of the molecule is CC(=O)c1c(C)c2cnc(Cc3ccc(N4CCN(CCOCCOCCOCCOc5cccc6c5C(=O)N(C5CCC(=O)NC5=O)C6=O)CC4)cn3)nc2n(C2CCCC2)c1=O. The van der Waals surface area contributed by atoms with Crippen LogP contribution in [0.15, 0.2) is 47.5 Å². The van der Waals surface area contributed by atoms with E-state index in [4.69, 9.17) is 28.9 Å². The molecule has 3 fully saturated rings. The largest absolute Gasteiger partial charge is 0.490 e. The van der Waals surface area contributed by atoms with Crippen LogP contribution in [-0.2, 0) is 30.2 Å². The molecule has 1 aromatic carbocycles. The van der Waals surface area contributed by atoms with E-state index in [1.165, 1.54) is 13.0 Å². The smallest absolute Gasteiger partial charge is 0.266 e. The Morgan fingerprint density at radius 1 is 0.812 bits per heavy atom. The first kappa shape index (κ1) is 44.6. The number of benzene rings is 1. The summed E-state index contributed by atoms with van der Waals surface area (Å²) in [5.74, 6) is -1.72. The van der Waals surface area contributed by atoms with Gasteiger partial charge in [0.05, 0.1) is 74.6 Å². The quantitative estimate of drug-likeness (QED) is 0.0817. The molecular weight excluding hydrogens is 825 g/mol.